The van der Waals surface area contributed by atoms with Gasteiger partial charge >= 0.3 is 0 Å². The molecular formula is C26H25BN2. The Labute approximate surface area is 174 Å². The molecule has 2 aliphatic rings. The molecule has 29 heavy (non-hydrogen) atoms. The quantitative estimate of drug-likeness (QED) is 0.629. The van der Waals surface area contributed by atoms with Crippen molar-refractivity contribution in [3.8, 4) is 0 Å². The molecule has 0 aromatic heterocycles. The van der Waals surface area contributed by atoms with Crippen molar-refractivity contribution in [1.82, 2.24) is 5.32 Å². The van der Waals surface area contributed by atoms with Crippen molar-refractivity contribution in [2.75, 3.05) is 0 Å². The zero-order valence-electron chi connectivity index (χ0n) is 17.0. The normalized spacial score (nSPS) is 17.2. The van der Waals surface area contributed by atoms with E-state index >= 15 is 0 Å². The summed E-state index contributed by atoms with van der Waals surface area (Å²) in [6, 6.07) is 27.2. The molecule has 3 heteroatoms. The highest BCUT2D eigenvalue weighted by Gasteiger charge is 2.29. The lowest BCUT2D eigenvalue weighted by atomic mass is 9.83. The third-order valence-corrected chi connectivity index (χ3v) is 5.36. The molecule has 1 atom stereocenters. The Hall–Kier alpha value is -3.07. The highest BCUT2D eigenvalue weighted by atomic mass is 15.1. The standard InChI is InChI=1S/C24H19BN2.C2H6/c25-19-13-10-17(11-14-19)22-21-15-12-16-6-4-5-9-20(16)23(21)27-24(26-22)18-7-2-1-3-8-18;1-2/h1-11,13-14,24,27H,12,15H2;1-2H3. The molecule has 3 aromatic rings. The van der Waals surface area contributed by atoms with Gasteiger partial charge in [0.2, 0.25) is 0 Å². The van der Waals surface area contributed by atoms with Crippen LogP contribution in [-0.2, 0) is 6.42 Å². The first-order chi connectivity index (χ1) is 14.3. The smallest absolute Gasteiger partial charge is 0.145 e. The Morgan fingerprint density at radius 2 is 1.52 bits per heavy atom. The van der Waals surface area contributed by atoms with Gasteiger partial charge in [-0.05, 0) is 24.0 Å². The molecule has 0 saturated heterocycles. The third-order valence-electron chi connectivity index (χ3n) is 5.36. The SMILES string of the molecule is CC.[B]c1ccc(C2=NC(c3ccccc3)NC3=C2CCc2ccccc23)cc1. The maximum absolute atomic E-state index is 5.91. The zero-order chi connectivity index (χ0) is 20.2. The predicted octanol–water partition coefficient (Wildman–Crippen LogP) is 4.96. The van der Waals surface area contributed by atoms with Crippen molar-refractivity contribution >= 4 is 24.7 Å². The molecule has 1 heterocycles. The summed E-state index contributed by atoms with van der Waals surface area (Å²) >= 11 is 0. The van der Waals surface area contributed by atoms with Crippen LogP contribution in [0.4, 0.5) is 0 Å². The van der Waals surface area contributed by atoms with Gasteiger partial charge in [-0.2, -0.15) is 0 Å². The molecule has 1 aliphatic heterocycles. The number of hydrogen-bond acceptors (Lipinski definition) is 2. The summed E-state index contributed by atoms with van der Waals surface area (Å²) < 4.78 is 0. The molecular weight excluding hydrogens is 351 g/mol. The minimum atomic E-state index is -0.0938. The van der Waals surface area contributed by atoms with Crippen LogP contribution < -0.4 is 10.8 Å². The van der Waals surface area contributed by atoms with Gasteiger partial charge in [0, 0.05) is 22.4 Å². The summed E-state index contributed by atoms with van der Waals surface area (Å²) in [7, 11) is 5.91. The molecule has 1 aliphatic carbocycles. The molecule has 3 aromatic carbocycles. The fourth-order valence-corrected chi connectivity index (χ4v) is 3.99. The Balaban J connectivity index is 0.000000994. The monoisotopic (exact) mass is 376 g/mol. The van der Waals surface area contributed by atoms with Crippen LogP contribution in [0.5, 0.6) is 0 Å². The van der Waals surface area contributed by atoms with Crippen molar-refractivity contribution in [2.24, 2.45) is 4.99 Å². The van der Waals surface area contributed by atoms with Crippen LogP contribution in [0.25, 0.3) is 5.70 Å². The summed E-state index contributed by atoms with van der Waals surface area (Å²) in [5.41, 5.74) is 9.34. The van der Waals surface area contributed by atoms with E-state index in [1.165, 1.54) is 28.0 Å². The van der Waals surface area contributed by atoms with Crippen molar-refractivity contribution in [2.45, 2.75) is 32.9 Å². The summed E-state index contributed by atoms with van der Waals surface area (Å²) in [5.74, 6) is 0. The molecule has 5 rings (SSSR count). The first-order valence-electron chi connectivity index (χ1n) is 10.4. The lowest BCUT2D eigenvalue weighted by Crippen LogP contribution is -2.30. The summed E-state index contributed by atoms with van der Waals surface area (Å²) in [4.78, 5) is 5.12. The van der Waals surface area contributed by atoms with Gasteiger partial charge in [0.05, 0.1) is 5.71 Å². The van der Waals surface area contributed by atoms with Gasteiger partial charge in [-0.1, -0.05) is 98.2 Å². The Morgan fingerprint density at radius 3 is 2.28 bits per heavy atom. The average molecular weight is 376 g/mol. The molecule has 2 nitrogen and oxygen atoms in total. The van der Waals surface area contributed by atoms with Crippen molar-refractivity contribution in [1.29, 1.82) is 0 Å². The van der Waals surface area contributed by atoms with Crippen molar-refractivity contribution in [3.05, 3.63) is 107 Å². The molecule has 0 spiro atoms. The predicted molar refractivity (Wildman–Crippen MR) is 124 cm³/mol. The minimum Gasteiger partial charge on any atom is -0.359 e. The lowest BCUT2D eigenvalue weighted by molar-refractivity contribution is 0.651. The van der Waals surface area contributed by atoms with Crippen LogP contribution >= 0.6 is 0 Å². The van der Waals surface area contributed by atoms with E-state index in [1.54, 1.807) is 0 Å². The number of aryl methyl sites for hydroxylation is 1. The maximum Gasteiger partial charge on any atom is 0.145 e. The van der Waals surface area contributed by atoms with Crippen molar-refractivity contribution < 1.29 is 0 Å². The van der Waals surface area contributed by atoms with Gasteiger partial charge in [0.1, 0.15) is 14.0 Å². The van der Waals surface area contributed by atoms with Crippen LogP contribution in [0, 0.1) is 0 Å². The first kappa shape index (κ1) is 19.3. The van der Waals surface area contributed by atoms with Gasteiger partial charge in [0.15, 0.2) is 0 Å². The van der Waals surface area contributed by atoms with Gasteiger partial charge in [0.25, 0.3) is 0 Å². The van der Waals surface area contributed by atoms with Gasteiger partial charge in [-0.3, -0.25) is 4.99 Å². The second-order valence-corrected chi connectivity index (χ2v) is 7.07. The van der Waals surface area contributed by atoms with E-state index in [4.69, 9.17) is 12.8 Å². The molecule has 0 fully saturated rings. The van der Waals surface area contributed by atoms with Crippen LogP contribution in [0.3, 0.4) is 0 Å². The molecule has 0 saturated carbocycles. The number of rotatable bonds is 2. The van der Waals surface area contributed by atoms with E-state index in [1.807, 2.05) is 32.0 Å². The summed E-state index contributed by atoms with van der Waals surface area (Å²) in [6.07, 6.45) is 1.94. The van der Waals surface area contributed by atoms with E-state index < -0.39 is 0 Å². The van der Waals surface area contributed by atoms with Crippen LogP contribution in [-0.4, -0.2) is 13.6 Å². The van der Waals surface area contributed by atoms with E-state index in [9.17, 15) is 0 Å². The van der Waals surface area contributed by atoms with Gasteiger partial charge < -0.3 is 5.32 Å². The minimum absolute atomic E-state index is 0.0938. The van der Waals surface area contributed by atoms with E-state index in [-0.39, 0.29) is 6.17 Å². The number of hydrogen-bond donors (Lipinski definition) is 1. The number of allylic oxidation sites excluding steroid dienone is 1. The zero-order valence-corrected chi connectivity index (χ0v) is 17.0. The molecule has 1 unspecified atom stereocenters. The van der Waals surface area contributed by atoms with E-state index in [0.29, 0.717) is 0 Å². The number of nitrogens with zero attached hydrogens (tertiary/aromatic N) is 1. The second-order valence-electron chi connectivity index (χ2n) is 7.07. The summed E-state index contributed by atoms with van der Waals surface area (Å²) in [5, 5.41) is 3.71. The van der Waals surface area contributed by atoms with Crippen LogP contribution in [0.1, 0.15) is 48.7 Å². The lowest BCUT2D eigenvalue weighted by Gasteiger charge is -2.33. The first-order valence-corrected chi connectivity index (χ1v) is 10.4. The topological polar surface area (TPSA) is 24.4 Å². The molecule has 142 valence electrons. The number of nitrogens with one attached hydrogen (secondary N) is 1. The van der Waals surface area contributed by atoms with E-state index in [0.717, 1.165) is 29.6 Å². The van der Waals surface area contributed by atoms with Gasteiger partial charge in [-0.25, -0.2) is 0 Å². The number of fused-ring (bicyclic) bond motifs is 2. The third kappa shape index (κ3) is 3.78. The Bertz CT molecular complexity index is 1050. The fraction of sp³-hybridized carbons (Fsp3) is 0.192. The number of aliphatic imine (C=N–C) groups is 1. The number of benzene rings is 3. The Kier molecular flexibility index (Phi) is 5.66. The largest absolute Gasteiger partial charge is 0.359 e. The molecule has 0 amide bonds. The van der Waals surface area contributed by atoms with E-state index in [2.05, 4.69) is 66.0 Å². The average Bonchev–Trinajstić information content (AvgIpc) is 2.81. The maximum atomic E-state index is 5.91. The van der Waals surface area contributed by atoms with Crippen LogP contribution in [0.15, 0.2) is 89.4 Å². The van der Waals surface area contributed by atoms with Crippen LogP contribution in [0.2, 0.25) is 0 Å². The summed E-state index contributed by atoms with van der Waals surface area (Å²) in [6.45, 7) is 4.00. The fourth-order valence-electron chi connectivity index (χ4n) is 3.99. The second kappa shape index (κ2) is 8.52. The molecule has 2 radical (unpaired) electrons. The molecule has 0 bridgehead atoms. The Morgan fingerprint density at radius 1 is 0.828 bits per heavy atom. The highest BCUT2D eigenvalue weighted by molar-refractivity contribution is 6.32. The van der Waals surface area contributed by atoms with Gasteiger partial charge in [-0.15, -0.1) is 0 Å². The highest BCUT2D eigenvalue weighted by Crippen LogP contribution is 2.37. The van der Waals surface area contributed by atoms with Crippen molar-refractivity contribution in [3.63, 3.8) is 0 Å². The molecule has 1 N–H and O–H groups in total.